The number of amides is 1. The van der Waals surface area contributed by atoms with Crippen LogP contribution in [0.2, 0.25) is 0 Å². The fourth-order valence-corrected chi connectivity index (χ4v) is 3.16. The first-order valence-electron chi connectivity index (χ1n) is 8.67. The Kier molecular flexibility index (Phi) is 4.60. The Morgan fingerprint density at radius 2 is 1.81 bits per heavy atom. The Morgan fingerprint density at radius 1 is 1.00 bits per heavy atom. The van der Waals surface area contributed by atoms with E-state index in [0.717, 1.165) is 23.4 Å². The summed E-state index contributed by atoms with van der Waals surface area (Å²) in [7, 11) is 0. The van der Waals surface area contributed by atoms with E-state index in [-0.39, 0.29) is 12.0 Å². The second-order valence-corrected chi connectivity index (χ2v) is 6.23. The Balaban J connectivity index is 1.47. The molecule has 0 N–H and O–H groups in total. The first-order valence-corrected chi connectivity index (χ1v) is 8.67. The van der Waals surface area contributed by atoms with Gasteiger partial charge < -0.3 is 9.64 Å². The van der Waals surface area contributed by atoms with E-state index in [0.29, 0.717) is 18.7 Å². The highest BCUT2D eigenvalue weighted by Crippen LogP contribution is 2.29. The van der Waals surface area contributed by atoms with Crippen molar-refractivity contribution in [1.29, 1.82) is 0 Å². The maximum Gasteiger partial charge on any atom is 0.253 e. The van der Waals surface area contributed by atoms with E-state index in [4.69, 9.17) is 4.74 Å². The molecule has 1 saturated heterocycles. The molecule has 2 aromatic heterocycles. The average molecular weight is 345 g/mol. The molecular weight excluding hydrogens is 326 g/mol. The zero-order valence-electron chi connectivity index (χ0n) is 14.3. The van der Waals surface area contributed by atoms with Gasteiger partial charge in [0.05, 0.1) is 6.54 Å². The minimum Gasteiger partial charge on any atom is -0.486 e. The van der Waals surface area contributed by atoms with E-state index >= 15 is 0 Å². The minimum absolute atomic E-state index is 0.0348. The van der Waals surface area contributed by atoms with Gasteiger partial charge in [0, 0.05) is 42.7 Å². The van der Waals surface area contributed by atoms with Crippen molar-refractivity contribution in [1.82, 2.24) is 14.9 Å². The van der Waals surface area contributed by atoms with E-state index in [2.05, 4.69) is 9.97 Å². The van der Waals surface area contributed by atoms with Crippen molar-refractivity contribution in [2.24, 2.45) is 0 Å². The Morgan fingerprint density at radius 3 is 2.62 bits per heavy atom. The molecular formula is C21H19N3O2. The Labute approximate surface area is 152 Å². The molecule has 0 aliphatic carbocycles. The van der Waals surface area contributed by atoms with E-state index < -0.39 is 0 Å². The predicted octanol–water partition coefficient (Wildman–Crippen LogP) is 3.44. The zero-order chi connectivity index (χ0) is 17.8. The van der Waals surface area contributed by atoms with Gasteiger partial charge in [-0.05, 0) is 36.4 Å². The summed E-state index contributed by atoms with van der Waals surface area (Å²) >= 11 is 0. The van der Waals surface area contributed by atoms with Crippen LogP contribution >= 0.6 is 0 Å². The van der Waals surface area contributed by atoms with Crippen molar-refractivity contribution < 1.29 is 9.53 Å². The highest BCUT2D eigenvalue weighted by molar-refractivity contribution is 5.94. The van der Waals surface area contributed by atoms with Gasteiger partial charge in [-0.15, -0.1) is 0 Å². The van der Waals surface area contributed by atoms with Crippen LogP contribution in [0.25, 0.3) is 11.3 Å². The van der Waals surface area contributed by atoms with E-state index in [9.17, 15) is 4.79 Å². The van der Waals surface area contributed by atoms with Crippen LogP contribution in [0, 0.1) is 0 Å². The highest BCUT2D eigenvalue weighted by atomic mass is 16.5. The van der Waals surface area contributed by atoms with Crippen LogP contribution in [0.15, 0.2) is 73.2 Å². The maximum absolute atomic E-state index is 12.6. The molecule has 3 aromatic rings. The van der Waals surface area contributed by atoms with Crippen molar-refractivity contribution in [3.8, 4) is 17.0 Å². The molecule has 1 aromatic carbocycles. The van der Waals surface area contributed by atoms with E-state index in [1.54, 1.807) is 18.6 Å². The van der Waals surface area contributed by atoms with E-state index in [1.165, 1.54) is 0 Å². The average Bonchev–Trinajstić information content (AvgIpc) is 3.18. The summed E-state index contributed by atoms with van der Waals surface area (Å²) in [6.07, 6.45) is 6.01. The van der Waals surface area contributed by atoms with Crippen molar-refractivity contribution in [3.05, 3.63) is 78.8 Å². The lowest BCUT2D eigenvalue weighted by Crippen LogP contribution is -2.30. The molecule has 3 heterocycles. The smallest absolute Gasteiger partial charge is 0.253 e. The molecule has 1 atom stereocenters. The van der Waals surface area contributed by atoms with Gasteiger partial charge in [-0.25, -0.2) is 0 Å². The summed E-state index contributed by atoms with van der Waals surface area (Å²) in [6.45, 7) is 1.28. The lowest BCUT2D eigenvalue weighted by molar-refractivity contribution is 0.0772. The molecule has 0 saturated carbocycles. The Bertz CT molecular complexity index is 884. The molecule has 5 heteroatoms. The quantitative estimate of drug-likeness (QED) is 0.727. The number of hydrogen-bond acceptors (Lipinski definition) is 4. The van der Waals surface area contributed by atoms with E-state index in [1.807, 2.05) is 59.5 Å². The predicted molar refractivity (Wildman–Crippen MR) is 98.8 cm³/mol. The van der Waals surface area contributed by atoms with Crippen LogP contribution in [0.3, 0.4) is 0 Å². The molecule has 4 rings (SSSR count). The topological polar surface area (TPSA) is 55.3 Å². The third kappa shape index (κ3) is 3.42. The fraction of sp³-hybridized carbons (Fsp3) is 0.190. The number of ether oxygens (including phenoxy) is 1. The second-order valence-electron chi connectivity index (χ2n) is 6.23. The molecule has 1 fully saturated rings. The minimum atomic E-state index is -0.0348. The lowest BCUT2D eigenvalue weighted by Gasteiger charge is -2.18. The molecule has 0 bridgehead atoms. The summed E-state index contributed by atoms with van der Waals surface area (Å²) in [4.78, 5) is 22.9. The molecule has 0 radical (unpaired) electrons. The molecule has 5 nitrogen and oxygen atoms in total. The SMILES string of the molecule is O=C(c1ccccc1)N1CCC(Oc2cccnc2-c2ccncc2)C1. The number of pyridine rings is 2. The number of carbonyl (C=O) groups excluding carboxylic acids is 1. The second kappa shape index (κ2) is 7.35. The summed E-state index contributed by atoms with van der Waals surface area (Å²) in [6, 6.07) is 17.0. The number of rotatable bonds is 4. The lowest BCUT2D eigenvalue weighted by atomic mass is 10.1. The van der Waals surface area contributed by atoms with Gasteiger partial charge in [0.2, 0.25) is 0 Å². The van der Waals surface area contributed by atoms with Gasteiger partial charge in [-0.2, -0.15) is 0 Å². The van der Waals surface area contributed by atoms with Crippen molar-refractivity contribution >= 4 is 5.91 Å². The van der Waals surface area contributed by atoms with Gasteiger partial charge >= 0.3 is 0 Å². The number of nitrogens with zero attached hydrogens (tertiary/aromatic N) is 3. The first kappa shape index (κ1) is 16.3. The number of hydrogen-bond donors (Lipinski definition) is 0. The molecule has 1 aliphatic rings. The van der Waals surface area contributed by atoms with Crippen molar-refractivity contribution in [3.63, 3.8) is 0 Å². The number of benzene rings is 1. The molecule has 26 heavy (non-hydrogen) atoms. The summed E-state index contributed by atoms with van der Waals surface area (Å²) in [5, 5.41) is 0. The van der Waals surface area contributed by atoms with Crippen LogP contribution in [0.4, 0.5) is 0 Å². The molecule has 1 amide bonds. The van der Waals surface area contributed by atoms with Crippen LogP contribution in [0.1, 0.15) is 16.8 Å². The maximum atomic E-state index is 12.6. The molecule has 1 unspecified atom stereocenters. The zero-order valence-corrected chi connectivity index (χ0v) is 14.3. The van der Waals surface area contributed by atoms with Gasteiger partial charge in [0.1, 0.15) is 17.5 Å². The number of aromatic nitrogens is 2. The number of carbonyl (C=O) groups is 1. The van der Waals surface area contributed by atoms with Gasteiger partial charge in [-0.1, -0.05) is 18.2 Å². The fourth-order valence-electron chi connectivity index (χ4n) is 3.16. The normalized spacial score (nSPS) is 16.5. The highest BCUT2D eigenvalue weighted by Gasteiger charge is 2.28. The first-order chi connectivity index (χ1) is 12.8. The molecule has 130 valence electrons. The molecule has 0 spiro atoms. The summed E-state index contributed by atoms with van der Waals surface area (Å²) in [5.41, 5.74) is 2.47. The monoisotopic (exact) mass is 345 g/mol. The number of likely N-dealkylation sites (tertiary alicyclic amines) is 1. The summed E-state index contributed by atoms with van der Waals surface area (Å²) < 4.78 is 6.20. The van der Waals surface area contributed by atoms with Crippen molar-refractivity contribution in [2.45, 2.75) is 12.5 Å². The van der Waals surface area contributed by atoms with Gasteiger partial charge in [-0.3, -0.25) is 14.8 Å². The molecule has 1 aliphatic heterocycles. The van der Waals surface area contributed by atoms with Crippen LogP contribution in [0.5, 0.6) is 5.75 Å². The third-order valence-corrected chi connectivity index (χ3v) is 4.47. The summed E-state index contributed by atoms with van der Waals surface area (Å²) in [5.74, 6) is 0.787. The van der Waals surface area contributed by atoms with Crippen LogP contribution in [-0.4, -0.2) is 40.0 Å². The van der Waals surface area contributed by atoms with Gasteiger partial charge in [0.25, 0.3) is 5.91 Å². The van der Waals surface area contributed by atoms with Crippen LogP contribution in [-0.2, 0) is 0 Å². The van der Waals surface area contributed by atoms with Crippen molar-refractivity contribution in [2.75, 3.05) is 13.1 Å². The Hall–Kier alpha value is -3.21. The largest absolute Gasteiger partial charge is 0.486 e. The van der Waals surface area contributed by atoms with Crippen LogP contribution < -0.4 is 4.74 Å². The third-order valence-electron chi connectivity index (χ3n) is 4.47. The standard InChI is InChI=1S/C21H19N3O2/c25-21(17-5-2-1-3-6-17)24-14-10-18(15-24)26-19-7-4-11-23-20(19)16-8-12-22-13-9-16/h1-9,11-13,18H,10,14-15H2. The van der Waals surface area contributed by atoms with Gasteiger partial charge in [0.15, 0.2) is 0 Å².